The number of carbonyl (C=O) groups is 2. The van der Waals surface area contributed by atoms with E-state index in [0.717, 1.165) is 12.8 Å². The minimum atomic E-state index is -0.213. The fourth-order valence-electron chi connectivity index (χ4n) is 2.44. The number of nitrogens with zero attached hydrogens (tertiary/aromatic N) is 2. The molecule has 1 unspecified atom stereocenters. The van der Waals surface area contributed by atoms with Crippen LogP contribution in [0.2, 0.25) is 0 Å². The molecule has 0 spiro atoms. The van der Waals surface area contributed by atoms with Crippen LogP contribution in [0.5, 0.6) is 5.75 Å². The average Bonchev–Trinajstić information content (AvgIpc) is 2.52. The molecule has 7 heteroatoms. The highest BCUT2D eigenvalue weighted by atomic mass is 16.3. The zero-order valence-electron chi connectivity index (χ0n) is 11.8. The van der Waals surface area contributed by atoms with Crippen molar-refractivity contribution < 1.29 is 14.7 Å². The van der Waals surface area contributed by atoms with E-state index in [1.54, 1.807) is 4.90 Å². The lowest BCUT2D eigenvalue weighted by Gasteiger charge is -2.32. The number of likely N-dealkylation sites (tertiary alicyclic amines) is 1. The van der Waals surface area contributed by atoms with E-state index in [2.05, 4.69) is 10.3 Å². The molecule has 0 bridgehead atoms. The third-order valence-corrected chi connectivity index (χ3v) is 3.49. The first-order chi connectivity index (χ1) is 10.1. The van der Waals surface area contributed by atoms with Crippen LogP contribution in [0.15, 0.2) is 18.5 Å². The van der Waals surface area contributed by atoms with Gasteiger partial charge in [-0.25, -0.2) is 0 Å². The molecular formula is C14H20N4O3. The van der Waals surface area contributed by atoms with Crippen molar-refractivity contribution in [2.75, 3.05) is 26.2 Å². The minimum Gasteiger partial charge on any atom is -0.506 e. The summed E-state index contributed by atoms with van der Waals surface area (Å²) < 4.78 is 0. The van der Waals surface area contributed by atoms with Gasteiger partial charge in [-0.2, -0.15) is 0 Å². The lowest BCUT2D eigenvalue weighted by Crippen LogP contribution is -2.46. The largest absolute Gasteiger partial charge is 0.506 e. The maximum atomic E-state index is 12.4. The predicted octanol–water partition coefficient (Wildman–Crippen LogP) is -0.286. The van der Waals surface area contributed by atoms with Crippen LogP contribution >= 0.6 is 0 Å². The molecule has 1 saturated heterocycles. The first-order valence-electron chi connectivity index (χ1n) is 7.03. The maximum Gasteiger partial charge on any atom is 0.255 e. The fraction of sp³-hybridized carbons (Fsp3) is 0.500. The summed E-state index contributed by atoms with van der Waals surface area (Å²) in [6, 6.07) is 1.38. The highest BCUT2D eigenvalue weighted by Crippen LogP contribution is 2.19. The van der Waals surface area contributed by atoms with Crippen LogP contribution in [0.25, 0.3) is 0 Å². The van der Waals surface area contributed by atoms with Crippen molar-refractivity contribution >= 4 is 11.8 Å². The van der Waals surface area contributed by atoms with Gasteiger partial charge in [0.1, 0.15) is 5.75 Å². The summed E-state index contributed by atoms with van der Waals surface area (Å²) in [4.78, 5) is 29.8. The van der Waals surface area contributed by atoms with E-state index in [1.807, 2.05) is 0 Å². The summed E-state index contributed by atoms with van der Waals surface area (Å²) >= 11 is 0. The van der Waals surface area contributed by atoms with Crippen molar-refractivity contribution in [1.29, 1.82) is 0 Å². The van der Waals surface area contributed by atoms with Crippen molar-refractivity contribution in [2.45, 2.75) is 12.8 Å². The normalized spacial score (nSPS) is 18.3. The number of nitrogens with two attached hydrogens (primary N) is 1. The Labute approximate surface area is 123 Å². The van der Waals surface area contributed by atoms with Crippen molar-refractivity contribution in [2.24, 2.45) is 11.7 Å². The van der Waals surface area contributed by atoms with Gasteiger partial charge < -0.3 is 21.1 Å². The van der Waals surface area contributed by atoms with Crippen molar-refractivity contribution in [3.8, 4) is 5.75 Å². The van der Waals surface area contributed by atoms with Gasteiger partial charge in [0.05, 0.1) is 17.7 Å². The Kier molecular flexibility index (Phi) is 5.10. The molecule has 0 radical (unpaired) electrons. The van der Waals surface area contributed by atoms with Crippen LogP contribution < -0.4 is 11.1 Å². The Morgan fingerprint density at radius 1 is 1.48 bits per heavy atom. The van der Waals surface area contributed by atoms with Crippen LogP contribution in [0.3, 0.4) is 0 Å². The summed E-state index contributed by atoms with van der Waals surface area (Å²) in [5, 5.41) is 12.1. The highest BCUT2D eigenvalue weighted by Gasteiger charge is 2.28. The molecular weight excluding hydrogens is 272 g/mol. The first-order valence-corrected chi connectivity index (χ1v) is 7.03. The molecule has 0 aliphatic carbocycles. The first kappa shape index (κ1) is 15.2. The lowest BCUT2D eigenvalue weighted by atomic mass is 9.96. The van der Waals surface area contributed by atoms with Crippen LogP contribution in [-0.2, 0) is 4.79 Å². The molecule has 114 valence electrons. The SMILES string of the molecule is NCCNC(=O)C1CCCN(C(=O)c2cncc(O)c2)C1. The standard InChI is InChI=1S/C14H20N4O3/c15-3-4-17-13(20)10-2-1-5-18(9-10)14(21)11-6-12(19)8-16-7-11/h6-8,10,19H,1-5,9,15H2,(H,17,20). The molecule has 1 aromatic rings. The van der Waals surface area contributed by atoms with E-state index < -0.39 is 0 Å². The zero-order valence-corrected chi connectivity index (χ0v) is 11.8. The Balaban J connectivity index is 2.00. The highest BCUT2D eigenvalue weighted by molar-refractivity contribution is 5.94. The Hall–Kier alpha value is -2.15. The molecule has 1 aliphatic heterocycles. The molecule has 2 rings (SSSR count). The van der Waals surface area contributed by atoms with Gasteiger partial charge in [0.15, 0.2) is 0 Å². The molecule has 0 aromatic carbocycles. The summed E-state index contributed by atoms with van der Waals surface area (Å²) in [6.45, 7) is 1.83. The molecule has 1 aliphatic rings. The number of hydrogen-bond donors (Lipinski definition) is 3. The molecule has 7 nitrogen and oxygen atoms in total. The second-order valence-corrected chi connectivity index (χ2v) is 5.10. The number of nitrogens with one attached hydrogen (secondary N) is 1. The van der Waals surface area contributed by atoms with E-state index in [9.17, 15) is 14.7 Å². The van der Waals surface area contributed by atoms with Crippen LogP contribution in [0, 0.1) is 5.92 Å². The smallest absolute Gasteiger partial charge is 0.255 e. The number of amides is 2. The molecule has 1 aromatic heterocycles. The maximum absolute atomic E-state index is 12.4. The van der Waals surface area contributed by atoms with Gasteiger partial charge in [0.25, 0.3) is 5.91 Å². The molecule has 2 amide bonds. The van der Waals surface area contributed by atoms with Crippen molar-refractivity contribution in [3.63, 3.8) is 0 Å². The van der Waals surface area contributed by atoms with Crippen molar-refractivity contribution in [3.05, 3.63) is 24.0 Å². The lowest BCUT2D eigenvalue weighted by molar-refractivity contribution is -0.126. The minimum absolute atomic E-state index is 0.0462. The van der Waals surface area contributed by atoms with E-state index in [1.165, 1.54) is 18.5 Å². The molecule has 4 N–H and O–H groups in total. The number of rotatable bonds is 4. The number of aromatic hydroxyl groups is 1. The van der Waals surface area contributed by atoms with Gasteiger partial charge in [0, 0.05) is 32.4 Å². The summed E-state index contributed by atoms with van der Waals surface area (Å²) in [6.07, 6.45) is 4.23. The summed E-state index contributed by atoms with van der Waals surface area (Å²) in [5.41, 5.74) is 5.69. The quantitative estimate of drug-likeness (QED) is 0.707. The molecule has 1 atom stereocenters. The summed E-state index contributed by atoms with van der Waals surface area (Å²) in [7, 11) is 0. The van der Waals surface area contributed by atoms with Gasteiger partial charge >= 0.3 is 0 Å². The number of carbonyl (C=O) groups excluding carboxylic acids is 2. The van der Waals surface area contributed by atoms with Gasteiger partial charge in [-0.15, -0.1) is 0 Å². The predicted molar refractivity (Wildman–Crippen MR) is 76.6 cm³/mol. The average molecular weight is 292 g/mol. The number of piperidine rings is 1. The second kappa shape index (κ2) is 7.03. The third-order valence-electron chi connectivity index (χ3n) is 3.49. The summed E-state index contributed by atoms with van der Waals surface area (Å²) in [5.74, 6) is -0.531. The van der Waals surface area contributed by atoms with E-state index >= 15 is 0 Å². The van der Waals surface area contributed by atoms with Crippen LogP contribution in [0.1, 0.15) is 23.2 Å². The molecule has 2 heterocycles. The molecule has 21 heavy (non-hydrogen) atoms. The number of pyridine rings is 1. The Bertz CT molecular complexity index is 521. The zero-order chi connectivity index (χ0) is 15.2. The van der Waals surface area contributed by atoms with Crippen LogP contribution in [0.4, 0.5) is 0 Å². The third kappa shape index (κ3) is 3.91. The van der Waals surface area contributed by atoms with Gasteiger partial charge in [0.2, 0.25) is 5.91 Å². The van der Waals surface area contributed by atoms with Gasteiger partial charge in [-0.05, 0) is 18.9 Å². The fourth-order valence-corrected chi connectivity index (χ4v) is 2.44. The Morgan fingerprint density at radius 3 is 3.00 bits per heavy atom. The van der Waals surface area contributed by atoms with E-state index in [0.29, 0.717) is 31.7 Å². The number of hydrogen-bond acceptors (Lipinski definition) is 5. The monoisotopic (exact) mass is 292 g/mol. The van der Waals surface area contributed by atoms with Gasteiger partial charge in [-0.1, -0.05) is 0 Å². The Morgan fingerprint density at radius 2 is 2.29 bits per heavy atom. The van der Waals surface area contributed by atoms with E-state index in [4.69, 9.17) is 5.73 Å². The van der Waals surface area contributed by atoms with Crippen molar-refractivity contribution in [1.82, 2.24) is 15.2 Å². The van der Waals surface area contributed by atoms with Gasteiger partial charge in [-0.3, -0.25) is 14.6 Å². The number of aromatic nitrogens is 1. The van der Waals surface area contributed by atoms with E-state index in [-0.39, 0.29) is 23.5 Å². The van der Waals surface area contributed by atoms with Crippen LogP contribution in [-0.4, -0.2) is 53.0 Å². The molecule has 1 fully saturated rings. The molecule has 0 saturated carbocycles. The topological polar surface area (TPSA) is 109 Å². The second-order valence-electron chi connectivity index (χ2n) is 5.10.